The number of nitrogens with one attached hydrogen (secondary N) is 3. The molecule has 114 valence electrons. The number of amides is 2. The van der Waals surface area contributed by atoms with Gasteiger partial charge in [0.15, 0.2) is 0 Å². The Morgan fingerprint density at radius 2 is 2.24 bits per heavy atom. The van der Waals surface area contributed by atoms with E-state index in [0.29, 0.717) is 13.0 Å². The molecule has 0 fully saturated rings. The molecule has 21 heavy (non-hydrogen) atoms. The van der Waals surface area contributed by atoms with Gasteiger partial charge in [-0.1, -0.05) is 13.3 Å². The van der Waals surface area contributed by atoms with Crippen LogP contribution in [0.1, 0.15) is 32.3 Å². The first-order valence-electron chi connectivity index (χ1n) is 7.40. The summed E-state index contributed by atoms with van der Waals surface area (Å²) in [6.45, 7) is 4.64. The molecule has 0 spiro atoms. The molecule has 3 N–H and O–H groups in total. The molecule has 0 aliphatic heterocycles. The standard InChI is InChI=1S/C16H22FN3O/c1-3-4-11(2)20-16(21)18-8-7-12-10-19-15-9-13(17)5-6-14(12)15/h5-6,9-11,19H,3-4,7-8H2,1-2H3,(H2,18,20,21)/t11-/m0/s1. The molecule has 0 saturated heterocycles. The molecule has 0 unspecified atom stereocenters. The molecule has 0 bridgehead atoms. The minimum atomic E-state index is -0.252. The van der Waals surface area contributed by atoms with Gasteiger partial charge in [0.2, 0.25) is 0 Å². The van der Waals surface area contributed by atoms with Gasteiger partial charge in [-0.2, -0.15) is 0 Å². The quantitative estimate of drug-likeness (QED) is 0.751. The van der Waals surface area contributed by atoms with E-state index in [4.69, 9.17) is 0 Å². The minimum Gasteiger partial charge on any atom is -0.361 e. The van der Waals surface area contributed by atoms with E-state index in [1.165, 1.54) is 12.1 Å². The van der Waals surface area contributed by atoms with Crippen LogP contribution in [0.4, 0.5) is 9.18 Å². The highest BCUT2D eigenvalue weighted by Crippen LogP contribution is 2.19. The number of hydrogen-bond acceptors (Lipinski definition) is 1. The zero-order valence-electron chi connectivity index (χ0n) is 12.5. The molecule has 0 aliphatic carbocycles. The number of urea groups is 1. The van der Waals surface area contributed by atoms with Crippen LogP contribution < -0.4 is 10.6 Å². The highest BCUT2D eigenvalue weighted by Gasteiger charge is 2.07. The Balaban J connectivity index is 1.84. The number of H-pyrrole nitrogens is 1. The summed E-state index contributed by atoms with van der Waals surface area (Å²) in [6.07, 6.45) is 4.60. The first-order valence-corrected chi connectivity index (χ1v) is 7.40. The van der Waals surface area contributed by atoms with Gasteiger partial charge in [0, 0.05) is 29.7 Å². The molecule has 2 aromatic rings. The summed E-state index contributed by atoms with van der Waals surface area (Å²) < 4.78 is 13.1. The average Bonchev–Trinajstić information content (AvgIpc) is 2.81. The zero-order chi connectivity index (χ0) is 15.2. The number of rotatable bonds is 6. The molecule has 5 heteroatoms. The van der Waals surface area contributed by atoms with Crippen LogP contribution in [0.3, 0.4) is 0 Å². The Morgan fingerprint density at radius 3 is 3.00 bits per heavy atom. The summed E-state index contributed by atoms with van der Waals surface area (Å²) in [7, 11) is 0. The molecule has 2 rings (SSSR count). The van der Waals surface area contributed by atoms with Gasteiger partial charge >= 0.3 is 6.03 Å². The van der Waals surface area contributed by atoms with Crippen LogP contribution in [0.25, 0.3) is 10.9 Å². The Kier molecular flexibility index (Phi) is 5.20. The van der Waals surface area contributed by atoms with E-state index in [1.807, 2.05) is 13.1 Å². The molecule has 0 radical (unpaired) electrons. The number of fused-ring (bicyclic) bond motifs is 1. The van der Waals surface area contributed by atoms with Gasteiger partial charge in [0.1, 0.15) is 5.82 Å². The van der Waals surface area contributed by atoms with E-state index >= 15 is 0 Å². The van der Waals surface area contributed by atoms with Gasteiger partial charge < -0.3 is 15.6 Å². The maximum absolute atomic E-state index is 13.1. The summed E-state index contributed by atoms with van der Waals surface area (Å²) in [4.78, 5) is 14.7. The van der Waals surface area contributed by atoms with Crippen molar-refractivity contribution in [1.29, 1.82) is 0 Å². The lowest BCUT2D eigenvalue weighted by Crippen LogP contribution is -2.41. The predicted molar refractivity (Wildman–Crippen MR) is 82.9 cm³/mol. The van der Waals surface area contributed by atoms with Crippen molar-refractivity contribution < 1.29 is 9.18 Å². The van der Waals surface area contributed by atoms with Gasteiger partial charge in [0.05, 0.1) is 0 Å². The lowest BCUT2D eigenvalue weighted by molar-refractivity contribution is 0.237. The molecule has 1 aromatic carbocycles. The lowest BCUT2D eigenvalue weighted by Gasteiger charge is -2.13. The molecule has 1 atom stereocenters. The number of hydrogen-bond donors (Lipinski definition) is 3. The topological polar surface area (TPSA) is 56.9 Å². The highest BCUT2D eigenvalue weighted by atomic mass is 19.1. The van der Waals surface area contributed by atoms with Crippen molar-refractivity contribution in [3.05, 3.63) is 35.8 Å². The second kappa shape index (κ2) is 7.11. The number of carbonyl (C=O) groups excluding carboxylic acids is 1. The first kappa shape index (κ1) is 15.4. The smallest absolute Gasteiger partial charge is 0.315 e. The van der Waals surface area contributed by atoms with Gasteiger partial charge in [0.25, 0.3) is 0 Å². The second-order valence-electron chi connectivity index (χ2n) is 5.34. The number of carbonyl (C=O) groups is 1. The fourth-order valence-corrected chi connectivity index (χ4v) is 2.46. The number of aromatic amines is 1. The molecule has 1 aromatic heterocycles. The molecular weight excluding hydrogens is 269 g/mol. The molecule has 0 saturated carbocycles. The zero-order valence-corrected chi connectivity index (χ0v) is 12.5. The van der Waals surface area contributed by atoms with Crippen LogP contribution in [0.5, 0.6) is 0 Å². The average molecular weight is 291 g/mol. The van der Waals surface area contributed by atoms with Crippen molar-refractivity contribution in [3.8, 4) is 0 Å². The van der Waals surface area contributed by atoms with Crippen molar-refractivity contribution in [2.75, 3.05) is 6.54 Å². The van der Waals surface area contributed by atoms with E-state index < -0.39 is 0 Å². The Morgan fingerprint density at radius 1 is 1.43 bits per heavy atom. The third kappa shape index (κ3) is 4.21. The fourth-order valence-electron chi connectivity index (χ4n) is 2.46. The van der Waals surface area contributed by atoms with Crippen LogP contribution in [0.2, 0.25) is 0 Å². The Bertz CT molecular complexity index is 609. The summed E-state index contributed by atoms with van der Waals surface area (Å²) in [6, 6.07) is 4.74. The maximum Gasteiger partial charge on any atom is 0.315 e. The van der Waals surface area contributed by atoms with Crippen LogP contribution in [0, 0.1) is 5.82 Å². The second-order valence-corrected chi connectivity index (χ2v) is 5.34. The van der Waals surface area contributed by atoms with Crippen molar-refractivity contribution in [2.24, 2.45) is 0 Å². The highest BCUT2D eigenvalue weighted by molar-refractivity contribution is 5.83. The number of halogens is 1. The maximum atomic E-state index is 13.1. The summed E-state index contributed by atoms with van der Waals surface area (Å²) in [5.74, 6) is -0.252. The third-order valence-corrected chi connectivity index (χ3v) is 3.51. The monoisotopic (exact) mass is 291 g/mol. The van der Waals surface area contributed by atoms with Crippen molar-refractivity contribution in [3.63, 3.8) is 0 Å². The normalized spacial score (nSPS) is 12.3. The van der Waals surface area contributed by atoms with E-state index in [1.54, 1.807) is 6.07 Å². The molecular formula is C16H22FN3O. The van der Waals surface area contributed by atoms with Crippen LogP contribution >= 0.6 is 0 Å². The van der Waals surface area contributed by atoms with Crippen LogP contribution in [-0.2, 0) is 6.42 Å². The van der Waals surface area contributed by atoms with Crippen molar-refractivity contribution >= 4 is 16.9 Å². The number of aromatic nitrogens is 1. The van der Waals surface area contributed by atoms with E-state index in [9.17, 15) is 9.18 Å². The Hall–Kier alpha value is -2.04. The SMILES string of the molecule is CCC[C@H](C)NC(=O)NCCc1c[nH]c2cc(F)ccc12. The van der Waals surface area contributed by atoms with E-state index in [0.717, 1.165) is 29.3 Å². The first-order chi connectivity index (χ1) is 10.1. The predicted octanol–water partition coefficient (Wildman–Crippen LogP) is 3.34. The lowest BCUT2D eigenvalue weighted by atomic mass is 10.1. The molecule has 4 nitrogen and oxygen atoms in total. The largest absolute Gasteiger partial charge is 0.361 e. The molecule has 1 heterocycles. The van der Waals surface area contributed by atoms with Crippen LogP contribution in [0.15, 0.2) is 24.4 Å². The minimum absolute atomic E-state index is 0.137. The summed E-state index contributed by atoms with van der Waals surface area (Å²) >= 11 is 0. The van der Waals surface area contributed by atoms with Crippen LogP contribution in [-0.4, -0.2) is 23.6 Å². The van der Waals surface area contributed by atoms with Gasteiger partial charge in [-0.15, -0.1) is 0 Å². The van der Waals surface area contributed by atoms with Gasteiger partial charge in [-0.25, -0.2) is 9.18 Å². The molecule has 2 amide bonds. The fraction of sp³-hybridized carbons (Fsp3) is 0.438. The summed E-state index contributed by atoms with van der Waals surface area (Å²) in [5, 5.41) is 6.74. The molecule has 0 aliphatic rings. The number of benzene rings is 1. The van der Waals surface area contributed by atoms with E-state index in [-0.39, 0.29) is 17.9 Å². The third-order valence-electron chi connectivity index (χ3n) is 3.51. The van der Waals surface area contributed by atoms with E-state index in [2.05, 4.69) is 22.5 Å². The van der Waals surface area contributed by atoms with Crippen molar-refractivity contribution in [2.45, 2.75) is 39.2 Å². The van der Waals surface area contributed by atoms with Gasteiger partial charge in [-0.05, 0) is 43.5 Å². The summed E-state index contributed by atoms with van der Waals surface area (Å²) in [5.41, 5.74) is 1.86. The van der Waals surface area contributed by atoms with Gasteiger partial charge in [-0.3, -0.25) is 0 Å². The van der Waals surface area contributed by atoms with Crippen molar-refractivity contribution in [1.82, 2.24) is 15.6 Å². The Labute approximate surface area is 124 Å².